The first kappa shape index (κ1) is 11.7. The topological polar surface area (TPSA) is 9.23 Å². The number of rotatable bonds is 4. The molecule has 88 valence electrons. The highest BCUT2D eigenvalue weighted by Crippen LogP contribution is 2.24. The normalized spacial score (nSPS) is 10.2. The van der Waals surface area contributed by atoms with E-state index in [1.165, 1.54) is 11.1 Å². The molecule has 0 saturated heterocycles. The number of ether oxygens (including phenoxy) is 1. The Kier molecular flexibility index (Phi) is 3.81. The number of aryl methyl sites for hydroxylation is 2. The molecule has 0 amide bonds. The van der Waals surface area contributed by atoms with Crippen molar-refractivity contribution >= 4 is 0 Å². The third-order valence-electron chi connectivity index (χ3n) is 2.63. The summed E-state index contributed by atoms with van der Waals surface area (Å²) in [5, 5.41) is 0. The van der Waals surface area contributed by atoms with Gasteiger partial charge in [-0.1, -0.05) is 37.6 Å². The molecule has 0 spiro atoms. The van der Waals surface area contributed by atoms with Gasteiger partial charge in [-0.2, -0.15) is 0 Å². The highest BCUT2D eigenvalue weighted by molar-refractivity contribution is 5.37. The van der Waals surface area contributed by atoms with Crippen LogP contribution in [-0.4, -0.2) is 0 Å². The Hall–Kier alpha value is -1.76. The summed E-state index contributed by atoms with van der Waals surface area (Å²) in [6, 6.07) is 16.3. The predicted octanol–water partition coefficient (Wildman–Crippen LogP) is 4.74. The molecular weight excluding hydrogens is 208 g/mol. The molecule has 0 aliphatic heterocycles. The van der Waals surface area contributed by atoms with E-state index in [0.717, 1.165) is 24.3 Å². The Labute approximate surface area is 103 Å². The van der Waals surface area contributed by atoms with Gasteiger partial charge < -0.3 is 4.74 Å². The van der Waals surface area contributed by atoms with Gasteiger partial charge in [0.05, 0.1) is 0 Å². The third kappa shape index (κ3) is 3.35. The monoisotopic (exact) mass is 226 g/mol. The summed E-state index contributed by atoms with van der Waals surface area (Å²) in [6.07, 6.45) is 2.26. The molecule has 0 aliphatic rings. The van der Waals surface area contributed by atoms with E-state index in [-0.39, 0.29) is 0 Å². The second-order valence-electron chi connectivity index (χ2n) is 4.32. The Morgan fingerprint density at radius 1 is 0.941 bits per heavy atom. The Bertz CT molecular complexity index is 474. The van der Waals surface area contributed by atoms with E-state index in [0.29, 0.717) is 0 Å². The van der Waals surface area contributed by atoms with Crippen LogP contribution in [0.5, 0.6) is 11.5 Å². The molecule has 0 bridgehead atoms. The minimum absolute atomic E-state index is 0.889. The molecule has 0 fully saturated rings. The molecule has 0 radical (unpaired) electrons. The summed E-state index contributed by atoms with van der Waals surface area (Å²) in [4.78, 5) is 0. The molecule has 0 heterocycles. The predicted molar refractivity (Wildman–Crippen MR) is 71.7 cm³/mol. The quantitative estimate of drug-likeness (QED) is 0.731. The maximum absolute atomic E-state index is 5.85. The third-order valence-corrected chi connectivity index (χ3v) is 2.63. The zero-order valence-corrected chi connectivity index (χ0v) is 10.4. The van der Waals surface area contributed by atoms with Crippen LogP contribution >= 0.6 is 0 Å². The number of para-hydroxylation sites is 1. The Balaban J connectivity index is 2.21. The fourth-order valence-electron chi connectivity index (χ4n) is 1.94. The molecule has 0 aliphatic carbocycles. The lowest BCUT2D eigenvalue weighted by Gasteiger charge is -2.09. The molecule has 0 saturated carbocycles. The van der Waals surface area contributed by atoms with Crippen molar-refractivity contribution in [3.05, 3.63) is 59.7 Å². The van der Waals surface area contributed by atoms with E-state index >= 15 is 0 Å². The SMILES string of the molecule is CCCc1cc(C)cc(Oc2ccccc2)c1. The van der Waals surface area contributed by atoms with Gasteiger partial charge in [-0.25, -0.2) is 0 Å². The van der Waals surface area contributed by atoms with Gasteiger partial charge in [0.1, 0.15) is 11.5 Å². The van der Waals surface area contributed by atoms with Gasteiger partial charge in [0, 0.05) is 0 Å². The zero-order valence-electron chi connectivity index (χ0n) is 10.4. The maximum atomic E-state index is 5.85. The lowest BCUT2D eigenvalue weighted by atomic mass is 10.1. The van der Waals surface area contributed by atoms with Crippen LogP contribution in [0.1, 0.15) is 24.5 Å². The van der Waals surface area contributed by atoms with E-state index in [1.54, 1.807) is 0 Å². The molecule has 1 nitrogen and oxygen atoms in total. The molecule has 0 aromatic heterocycles. The molecular formula is C16H18O. The summed E-state index contributed by atoms with van der Waals surface area (Å²) >= 11 is 0. The largest absolute Gasteiger partial charge is 0.457 e. The first-order valence-corrected chi connectivity index (χ1v) is 6.11. The van der Waals surface area contributed by atoms with E-state index in [2.05, 4.69) is 32.0 Å². The number of benzene rings is 2. The van der Waals surface area contributed by atoms with Gasteiger partial charge in [-0.05, 0) is 48.7 Å². The van der Waals surface area contributed by atoms with Crippen molar-refractivity contribution in [2.75, 3.05) is 0 Å². The summed E-state index contributed by atoms with van der Waals surface area (Å²) in [6.45, 7) is 4.30. The van der Waals surface area contributed by atoms with Crippen LogP contribution in [0.4, 0.5) is 0 Å². The molecule has 2 aromatic rings. The maximum Gasteiger partial charge on any atom is 0.127 e. The molecule has 17 heavy (non-hydrogen) atoms. The van der Waals surface area contributed by atoms with E-state index in [4.69, 9.17) is 4.74 Å². The van der Waals surface area contributed by atoms with Crippen molar-refractivity contribution in [2.24, 2.45) is 0 Å². The van der Waals surface area contributed by atoms with Crippen LogP contribution in [0, 0.1) is 6.92 Å². The fraction of sp³-hybridized carbons (Fsp3) is 0.250. The Morgan fingerprint density at radius 2 is 1.71 bits per heavy atom. The van der Waals surface area contributed by atoms with Gasteiger partial charge in [0.25, 0.3) is 0 Å². The summed E-state index contributed by atoms with van der Waals surface area (Å²) < 4.78 is 5.85. The molecule has 0 N–H and O–H groups in total. The first-order valence-electron chi connectivity index (χ1n) is 6.11. The second kappa shape index (κ2) is 5.53. The lowest BCUT2D eigenvalue weighted by molar-refractivity contribution is 0.481. The molecule has 2 aromatic carbocycles. The van der Waals surface area contributed by atoms with Crippen LogP contribution < -0.4 is 4.74 Å². The van der Waals surface area contributed by atoms with Crippen LogP contribution in [0.25, 0.3) is 0 Å². The van der Waals surface area contributed by atoms with Gasteiger partial charge in [0.15, 0.2) is 0 Å². The first-order chi connectivity index (χ1) is 8.28. The minimum atomic E-state index is 0.889. The van der Waals surface area contributed by atoms with Gasteiger partial charge >= 0.3 is 0 Å². The number of hydrogen-bond donors (Lipinski definition) is 0. The van der Waals surface area contributed by atoms with E-state index in [9.17, 15) is 0 Å². The smallest absolute Gasteiger partial charge is 0.127 e. The van der Waals surface area contributed by atoms with Crippen molar-refractivity contribution in [3.63, 3.8) is 0 Å². The average Bonchev–Trinajstić information content (AvgIpc) is 2.30. The lowest BCUT2D eigenvalue weighted by Crippen LogP contribution is -1.89. The molecule has 0 unspecified atom stereocenters. The fourth-order valence-corrected chi connectivity index (χ4v) is 1.94. The zero-order chi connectivity index (χ0) is 12.1. The molecule has 0 atom stereocenters. The van der Waals surface area contributed by atoms with Crippen molar-refractivity contribution in [1.82, 2.24) is 0 Å². The minimum Gasteiger partial charge on any atom is -0.457 e. The number of hydrogen-bond acceptors (Lipinski definition) is 1. The molecule has 1 heteroatoms. The van der Waals surface area contributed by atoms with Crippen LogP contribution in [-0.2, 0) is 6.42 Å². The summed E-state index contributed by atoms with van der Waals surface area (Å²) in [7, 11) is 0. The highest BCUT2D eigenvalue weighted by Gasteiger charge is 2.00. The van der Waals surface area contributed by atoms with Crippen molar-refractivity contribution in [2.45, 2.75) is 26.7 Å². The summed E-state index contributed by atoms with van der Waals surface area (Å²) in [5.74, 6) is 1.82. The van der Waals surface area contributed by atoms with E-state index < -0.39 is 0 Å². The van der Waals surface area contributed by atoms with Gasteiger partial charge in [0.2, 0.25) is 0 Å². The van der Waals surface area contributed by atoms with Crippen molar-refractivity contribution < 1.29 is 4.74 Å². The average molecular weight is 226 g/mol. The summed E-state index contributed by atoms with van der Waals surface area (Å²) in [5.41, 5.74) is 2.60. The van der Waals surface area contributed by atoms with Gasteiger partial charge in [-0.15, -0.1) is 0 Å². The van der Waals surface area contributed by atoms with Crippen LogP contribution in [0.2, 0.25) is 0 Å². The molecule has 2 rings (SSSR count). The van der Waals surface area contributed by atoms with Gasteiger partial charge in [-0.3, -0.25) is 0 Å². The van der Waals surface area contributed by atoms with Crippen molar-refractivity contribution in [1.29, 1.82) is 0 Å². The highest BCUT2D eigenvalue weighted by atomic mass is 16.5. The second-order valence-corrected chi connectivity index (χ2v) is 4.32. The van der Waals surface area contributed by atoms with Crippen LogP contribution in [0.15, 0.2) is 48.5 Å². The Morgan fingerprint density at radius 3 is 2.41 bits per heavy atom. The van der Waals surface area contributed by atoms with Crippen LogP contribution in [0.3, 0.4) is 0 Å². The van der Waals surface area contributed by atoms with E-state index in [1.807, 2.05) is 30.3 Å². The van der Waals surface area contributed by atoms with Crippen molar-refractivity contribution in [3.8, 4) is 11.5 Å². The standard InChI is InChI=1S/C16H18O/c1-3-7-14-10-13(2)11-16(12-14)17-15-8-5-4-6-9-15/h4-6,8-12H,3,7H2,1-2H3.